The number of β-amino-alcohol motifs (C(OH)–C–C–N with tert-alkyl or cyclic N) is 1. The van der Waals surface area contributed by atoms with E-state index >= 15 is 4.39 Å². The van der Waals surface area contributed by atoms with Crippen molar-refractivity contribution in [3.8, 4) is 23.3 Å². The number of nitrogens with zero attached hydrogens (tertiary/aromatic N) is 6. The molecule has 0 unspecified atom stereocenters. The normalized spacial score (nSPS) is 22.6. The summed E-state index contributed by atoms with van der Waals surface area (Å²) in [5.41, 5.74) is 1.86. The zero-order valence-corrected chi connectivity index (χ0v) is 22.1. The maximum atomic E-state index is 16.3. The molecule has 3 aromatic rings. The fourth-order valence-electron chi connectivity index (χ4n) is 6.23. The van der Waals surface area contributed by atoms with E-state index in [1.54, 1.807) is 4.90 Å². The Kier molecular flexibility index (Phi) is 6.76. The van der Waals surface area contributed by atoms with Crippen molar-refractivity contribution in [3.05, 3.63) is 23.0 Å². The molecule has 220 valence electrons. The van der Waals surface area contributed by atoms with Gasteiger partial charge >= 0.3 is 12.2 Å². The molecule has 0 radical (unpaired) electrons. The molecule has 3 aromatic heterocycles. The number of aryl methyl sites for hydroxylation is 1. The van der Waals surface area contributed by atoms with Gasteiger partial charge in [0.1, 0.15) is 53.3 Å². The molecule has 0 amide bonds. The van der Waals surface area contributed by atoms with E-state index in [1.165, 1.54) is 6.92 Å². The van der Waals surface area contributed by atoms with Crippen LogP contribution >= 0.6 is 0 Å². The summed E-state index contributed by atoms with van der Waals surface area (Å²) in [4.78, 5) is 20.3. The Morgan fingerprint density at radius 1 is 1.20 bits per heavy atom. The lowest BCUT2D eigenvalue weighted by Crippen LogP contribution is -2.43. The van der Waals surface area contributed by atoms with Crippen LogP contribution in [0, 0.1) is 12.7 Å². The number of anilines is 2. The summed E-state index contributed by atoms with van der Waals surface area (Å²) in [6.07, 6.45) is -4.01. The van der Waals surface area contributed by atoms with E-state index in [-0.39, 0.29) is 79.3 Å². The molecule has 0 bridgehead atoms. The van der Waals surface area contributed by atoms with Crippen LogP contribution in [-0.2, 0) is 6.18 Å². The van der Waals surface area contributed by atoms with Crippen LogP contribution < -0.4 is 20.1 Å². The zero-order valence-electron chi connectivity index (χ0n) is 22.1. The highest BCUT2D eigenvalue weighted by molar-refractivity contribution is 5.97. The third-order valence-electron chi connectivity index (χ3n) is 7.96. The Labute approximate surface area is 231 Å². The number of fused-ring (bicyclic) bond motifs is 1. The number of aliphatic hydroxyl groups excluding tert-OH is 1. The fraction of sp³-hybridized carbons (Fsp3) is 0.538. The lowest BCUT2D eigenvalue weighted by Gasteiger charge is -2.31. The van der Waals surface area contributed by atoms with Crippen molar-refractivity contribution in [2.24, 2.45) is 0 Å². The standard InChI is InChI=1S/C26H28F5N7O3/c1-13-9-15(32)33-20(17(13)26(29,30)31)21-18(28)19-16-22(37(5-7-39)6-8-40-23(16)34-21)36-24(35-19)41-12-25-3-2-4-38(25)11-14(27)10-25/h9,14,39H,2-8,10-12H2,1H3,(H2,32,33)/t14-,25+/m1/s1. The van der Waals surface area contributed by atoms with Crippen molar-refractivity contribution in [3.63, 3.8) is 0 Å². The molecule has 0 aromatic carbocycles. The van der Waals surface area contributed by atoms with Crippen molar-refractivity contribution < 1.29 is 36.5 Å². The monoisotopic (exact) mass is 581 g/mol. The van der Waals surface area contributed by atoms with Crippen LogP contribution in [-0.4, -0.2) is 87.7 Å². The SMILES string of the molecule is Cc1cc(N)nc(-c2nc3c4c(nc(OC[C@@]56CCCN5C[C@H](F)C6)nc4c2F)N(CCO)CCO3)c1C(F)(F)F. The van der Waals surface area contributed by atoms with E-state index in [2.05, 4.69) is 19.9 Å². The summed E-state index contributed by atoms with van der Waals surface area (Å²) in [6, 6.07) is 0.808. The molecule has 3 N–H and O–H groups in total. The number of alkyl halides is 4. The summed E-state index contributed by atoms with van der Waals surface area (Å²) in [5, 5.41) is 9.67. The van der Waals surface area contributed by atoms with Gasteiger partial charge in [0, 0.05) is 19.5 Å². The average Bonchev–Trinajstić information content (AvgIpc) is 3.36. The highest BCUT2D eigenvalue weighted by Gasteiger charge is 2.49. The molecular weight excluding hydrogens is 553 g/mol. The van der Waals surface area contributed by atoms with Gasteiger partial charge in [0.05, 0.1) is 24.3 Å². The molecular formula is C26H28F5N7O3. The van der Waals surface area contributed by atoms with Gasteiger partial charge in [-0.2, -0.15) is 23.1 Å². The minimum absolute atomic E-state index is 0.0177. The first-order valence-electron chi connectivity index (χ1n) is 13.3. The smallest absolute Gasteiger partial charge is 0.418 e. The van der Waals surface area contributed by atoms with Gasteiger partial charge in [-0.1, -0.05) is 0 Å². The van der Waals surface area contributed by atoms with E-state index in [0.717, 1.165) is 19.0 Å². The molecule has 0 spiro atoms. The van der Waals surface area contributed by atoms with E-state index in [0.29, 0.717) is 13.0 Å². The first-order chi connectivity index (χ1) is 19.5. The van der Waals surface area contributed by atoms with Crippen LogP contribution in [0.1, 0.15) is 30.4 Å². The summed E-state index contributed by atoms with van der Waals surface area (Å²) in [6.45, 7) is 2.36. The van der Waals surface area contributed by atoms with Gasteiger partial charge < -0.3 is 25.2 Å². The van der Waals surface area contributed by atoms with Crippen molar-refractivity contribution in [2.45, 2.75) is 44.1 Å². The quantitative estimate of drug-likeness (QED) is 0.420. The molecule has 2 atom stereocenters. The molecule has 2 saturated heterocycles. The Hall–Kier alpha value is -3.59. The predicted octanol–water partition coefficient (Wildman–Crippen LogP) is 3.28. The second-order valence-corrected chi connectivity index (χ2v) is 10.6. The third-order valence-corrected chi connectivity index (χ3v) is 7.96. The van der Waals surface area contributed by atoms with Crippen molar-refractivity contribution >= 4 is 22.5 Å². The highest BCUT2D eigenvalue weighted by Crippen LogP contribution is 2.44. The van der Waals surface area contributed by atoms with Gasteiger partial charge in [0.15, 0.2) is 5.82 Å². The van der Waals surface area contributed by atoms with Gasteiger partial charge in [0.2, 0.25) is 5.88 Å². The van der Waals surface area contributed by atoms with Crippen LogP contribution in [0.4, 0.5) is 33.6 Å². The number of hydrogen-bond donors (Lipinski definition) is 2. The van der Waals surface area contributed by atoms with E-state index < -0.39 is 40.7 Å². The Balaban J connectivity index is 1.53. The molecule has 0 aliphatic carbocycles. The van der Waals surface area contributed by atoms with Crippen LogP contribution in [0.5, 0.6) is 11.9 Å². The first-order valence-corrected chi connectivity index (χ1v) is 13.3. The van der Waals surface area contributed by atoms with Crippen LogP contribution in [0.3, 0.4) is 0 Å². The Morgan fingerprint density at radius 3 is 2.76 bits per heavy atom. The number of halogens is 5. The molecule has 3 aliphatic rings. The maximum absolute atomic E-state index is 16.3. The number of ether oxygens (including phenoxy) is 2. The van der Waals surface area contributed by atoms with Crippen LogP contribution in [0.25, 0.3) is 22.3 Å². The minimum atomic E-state index is -4.89. The number of aliphatic hydroxyl groups is 1. The summed E-state index contributed by atoms with van der Waals surface area (Å²) in [7, 11) is 0. The lowest BCUT2D eigenvalue weighted by molar-refractivity contribution is -0.137. The Morgan fingerprint density at radius 2 is 2.00 bits per heavy atom. The van der Waals surface area contributed by atoms with Crippen LogP contribution in [0.2, 0.25) is 0 Å². The summed E-state index contributed by atoms with van der Waals surface area (Å²) in [5.74, 6) is -1.49. The molecule has 0 saturated carbocycles. The second-order valence-electron chi connectivity index (χ2n) is 10.6. The number of aromatic nitrogens is 4. The molecule has 2 fully saturated rings. The Bertz CT molecular complexity index is 1510. The van der Waals surface area contributed by atoms with Gasteiger partial charge in [-0.3, -0.25) is 4.90 Å². The summed E-state index contributed by atoms with van der Waals surface area (Å²) >= 11 is 0. The number of pyridine rings is 2. The highest BCUT2D eigenvalue weighted by atomic mass is 19.4. The third kappa shape index (κ3) is 4.74. The number of rotatable bonds is 6. The van der Waals surface area contributed by atoms with Crippen molar-refractivity contribution in [1.29, 1.82) is 0 Å². The molecule has 10 nitrogen and oxygen atoms in total. The van der Waals surface area contributed by atoms with Crippen LogP contribution in [0.15, 0.2) is 6.07 Å². The predicted molar refractivity (Wildman–Crippen MR) is 138 cm³/mol. The average molecular weight is 582 g/mol. The van der Waals surface area contributed by atoms with Gasteiger partial charge in [0.25, 0.3) is 0 Å². The summed E-state index contributed by atoms with van der Waals surface area (Å²) < 4.78 is 84.6. The van der Waals surface area contributed by atoms with E-state index in [1.807, 2.05) is 4.90 Å². The molecule has 3 aliphatic heterocycles. The largest absolute Gasteiger partial charge is 0.475 e. The molecule has 41 heavy (non-hydrogen) atoms. The molecule has 6 heterocycles. The number of nitrogen functional groups attached to an aromatic ring is 1. The minimum Gasteiger partial charge on any atom is -0.475 e. The number of hydrogen-bond acceptors (Lipinski definition) is 10. The zero-order chi connectivity index (χ0) is 29.1. The van der Waals surface area contributed by atoms with Gasteiger partial charge in [-0.05, 0) is 37.9 Å². The van der Waals surface area contributed by atoms with Crippen molar-refractivity contribution in [2.75, 3.05) is 56.6 Å². The van der Waals surface area contributed by atoms with Gasteiger partial charge in [-0.25, -0.2) is 18.7 Å². The van der Waals surface area contributed by atoms with Gasteiger partial charge in [-0.15, -0.1) is 0 Å². The second kappa shape index (κ2) is 10.0. The molecule has 6 rings (SSSR count). The fourth-order valence-corrected chi connectivity index (χ4v) is 6.23. The topological polar surface area (TPSA) is 123 Å². The molecule has 15 heteroatoms. The maximum Gasteiger partial charge on any atom is 0.418 e. The number of nitrogens with two attached hydrogens (primary N) is 1. The van der Waals surface area contributed by atoms with E-state index in [4.69, 9.17) is 15.2 Å². The lowest BCUT2D eigenvalue weighted by atomic mass is 9.95. The first kappa shape index (κ1) is 27.6. The van der Waals surface area contributed by atoms with E-state index in [9.17, 15) is 22.7 Å². The van der Waals surface area contributed by atoms with Crippen molar-refractivity contribution in [1.82, 2.24) is 24.8 Å².